The topological polar surface area (TPSA) is 60.7 Å². The molecule has 0 rings (SSSR count). The minimum absolute atomic E-state index is 0.141. The van der Waals surface area contributed by atoms with Crippen molar-refractivity contribution in [3.8, 4) is 0 Å². The molecule has 0 fully saturated rings. The molecule has 0 bridgehead atoms. The molecule has 0 spiro atoms. The zero-order valence-corrected chi connectivity index (χ0v) is 20.6. The average molecular weight is 429 g/mol. The molecule has 3 heteroatoms. The first kappa shape index (κ1) is 29.9. The van der Waals surface area contributed by atoms with Crippen molar-refractivity contribution < 1.29 is 15.3 Å². The number of hydrogen-bond donors (Lipinski definition) is 3. The Morgan fingerprint density at radius 1 is 0.500 bits per heavy atom. The Kier molecular flexibility index (Phi) is 23.4. The number of hydrogen-bond acceptors (Lipinski definition) is 3. The van der Waals surface area contributed by atoms with E-state index in [1.54, 1.807) is 0 Å². The summed E-state index contributed by atoms with van der Waals surface area (Å²) in [6.07, 6.45) is 24.5. The summed E-state index contributed by atoms with van der Waals surface area (Å²) < 4.78 is 0. The highest BCUT2D eigenvalue weighted by Crippen LogP contribution is 2.31. The summed E-state index contributed by atoms with van der Waals surface area (Å²) in [6, 6.07) is 0. The van der Waals surface area contributed by atoms with E-state index in [1.807, 2.05) is 0 Å². The second-order valence-corrected chi connectivity index (χ2v) is 9.63. The number of aliphatic hydroxyl groups excluding tert-OH is 3. The molecule has 3 unspecified atom stereocenters. The monoisotopic (exact) mass is 428 g/mol. The molecule has 0 aromatic carbocycles. The summed E-state index contributed by atoms with van der Waals surface area (Å²) in [6.45, 7) is 4.62. The van der Waals surface area contributed by atoms with E-state index in [9.17, 15) is 15.3 Å². The van der Waals surface area contributed by atoms with E-state index in [0.29, 0.717) is 18.3 Å². The molecule has 0 aromatic heterocycles. The summed E-state index contributed by atoms with van der Waals surface area (Å²) in [5.74, 6) is 0.921. The van der Waals surface area contributed by atoms with Crippen LogP contribution in [0.15, 0.2) is 0 Å². The maximum absolute atomic E-state index is 10.1. The van der Waals surface area contributed by atoms with Gasteiger partial charge >= 0.3 is 0 Å². The van der Waals surface area contributed by atoms with E-state index in [-0.39, 0.29) is 13.2 Å². The zero-order valence-electron chi connectivity index (χ0n) is 20.6. The van der Waals surface area contributed by atoms with E-state index in [4.69, 9.17) is 0 Å². The first-order valence-corrected chi connectivity index (χ1v) is 13.6. The Morgan fingerprint density at radius 3 is 1.30 bits per heavy atom. The van der Waals surface area contributed by atoms with Crippen LogP contribution in [-0.2, 0) is 0 Å². The molecule has 0 aromatic rings. The lowest BCUT2D eigenvalue weighted by Gasteiger charge is -2.28. The van der Waals surface area contributed by atoms with E-state index < -0.39 is 6.10 Å². The molecule has 0 heterocycles. The second-order valence-electron chi connectivity index (χ2n) is 9.63. The van der Waals surface area contributed by atoms with Crippen LogP contribution in [0.25, 0.3) is 0 Å². The van der Waals surface area contributed by atoms with Crippen LogP contribution in [0.5, 0.6) is 0 Å². The lowest BCUT2D eigenvalue weighted by Crippen LogP contribution is -2.24. The lowest BCUT2D eigenvalue weighted by molar-refractivity contribution is 0.0562. The van der Waals surface area contributed by atoms with Crippen LogP contribution >= 0.6 is 0 Å². The van der Waals surface area contributed by atoms with Gasteiger partial charge in [0.1, 0.15) is 0 Å². The third-order valence-electron chi connectivity index (χ3n) is 6.81. The second kappa shape index (κ2) is 23.5. The highest BCUT2D eigenvalue weighted by molar-refractivity contribution is 4.74. The van der Waals surface area contributed by atoms with Gasteiger partial charge in [-0.2, -0.15) is 0 Å². The fourth-order valence-electron chi connectivity index (χ4n) is 4.83. The molecule has 0 aliphatic carbocycles. The molecule has 3 N–H and O–H groups in total. The molecule has 3 nitrogen and oxygen atoms in total. The molecular formula is C27H56O3. The van der Waals surface area contributed by atoms with Gasteiger partial charge in [0.25, 0.3) is 0 Å². The van der Waals surface area contributed by atoms with Crippen LogP contribution in [0.2, 0.25) is 0 Å². The van der Waals surface area contributed by atoms with Gasteiger partial charge in [-0.25, -0.2) is 0 Å². The normalized spacial score (nSPS) is 14.7. The summed E-state index contributed by atoms with van der Waals surface area (Å²) in [7, 11) is 0. The Hall–Kier alpha value is -0.120. The Labute approximate surface area is 189 Å². The van der Waals surface area contributed by atoms with Crippen molar-refractivity contribution in [2.24, 2.45) is 11.8 Å². The molecule has 0 saturated heterocycles. The number of unbranched alkanes of at least 4 members (excludes halogenated alkanes) is 14. The predicted octanol–water partition coefficient (Wildman–Crippen LogP) is 7.41. The standard InChI is InChI=1S/C27H56O3/c1-3-5-7-9-11-12-14-15-17-19-25(21-22-28)26(23-27(30)24-29)20-18-16-13-10-8-6-4-2/h25-30H,3-24H2,1-2H3. The quantitative estimate of drug-likeness (QED) is 0.140. The number of aliphatic hydroxyl groups is 3. The van der Waals surface area contributed by atoms with Gasteiger partial charge in [0.15, 0.2) is 0 Å². The summed E-state index contributed by atoms with van der Waals surface area (Å²) in [5, 5.41) is 29.0. The molecule has 0 radical (unpaired) electrons. The van der Waals surface area contributed by atoms with Crippen molar-refractivity contribution in [1.82, 2.24) is 0 Å². The fraction of sp³-hybridized carbons (Fsp3) is 1.00. The maximum atomic E-state index is 10.1. The van der Waals surface area contributed by atoms with Crippen LogP contribution < -0.4 is 0 Å². The third kappa shape index (κ3) is 18.6. The number of rotatable bonds is 24. The fourth-order valence-corrected chi connectivity index (χ4v) is 4.83. The largest absolute Gasteiger partial charge is 0.396 e. The van der Waals surface area contributed by atoms with Crippen LogP contribution in [0.1, 0.15) is 142 Å². The van der Waals surface area contributed by atoms with Crippen molar-refractivity contribution in [2.45, 2.75) is 148 Å². The van der Waals surface area contributed by atoms with Gasteiger partial charge in [0.2, 0.25) is 0 Å². The third-order valence-corrected chi connectivity index (χ3v) is 6.81. The van der Waals surface area contributed by atoms with Crippen LogP contribution in [0.3, 0.4) is 0 Å². The highest BCUT2D eigenvalue weighted by atomic mass is 16.3. The van der Waals surface area contributed by atoms with Crippen molar-refractivity contribution in [3.63, 3.8) is 0 Å². The van der Waals surface area contributed by atoms with Crippen LogP contribution in [0, 0.1) is 11.8 Å². The van der Waals surface area contributed by atoms with Gasteiger partial charge in [-0.1, -0.05) is 129 Å². The molecular weight excluding hydrogens is 372 g/mol. The summed E-state index contributed by atoms with van der Waals surface area (Å²) >= 11 is 0. The minimum atomic E-state index is -0.608. The Bertz CT molecular complexity index is 321. The van der Waals surface area contributed by atoms with Crippen LogP contribution in [0.4, 0.5) is 0 Å². The SMILES string of the molecule is CCCCCCCCCCCC(CCO)C(CCCCCCCCC)CC(O)CO. The molecule has 0 aliphatic rings. The smallest absolute Gasteiger partial charge is 0.0773 e. The van der Waals surface area contributed by atoms with Crippen molar-refractivity contribution in [3.05, 3.63) is 0 Å². The first-order valence-electron chi connectivity index (χ1n) is 13.6. The first-order chi connectivity index (χ1) is 14.7. The Balaban J connectivity index is 4.22. The van der Waals surface area contributed by atoms with Gasteiger partial charge in [-0.05, 0) is 24.7 Å². The van der Waals surface area contributed by atoms with Crippen LogP contribution in [-0.4, -0.2) is 34.6 Å². The minimum Gasteiger partial charge on any atom is -0.396 e. The summed E-state index contributed by atoms with van der Waals surface area (Å²) in [5.41, 5.74) is 0. The van der Waals surface area contributed by atoms with E-state index in [0.717, 1.165) is 19.3 Å². The average Bonchev–Trinajstić information content (AvgIpc) is 2.75. The molecule has 0 saturated carbocycles. The van der Waals surface area contributed by atoms with E-state index >= 15 is 0 Å². The van der Waals surface area contributed by atoms with Crippen molar-refractivity contribution >= 4 is 0 Å². The highest BCUT2D eigenvalue weighted by Gasteiger charge is 2.23. The Morgan fingerprint density at radius 2 is 0.900 bits per heavy atom. The molecule has 182 valence electrons. The molecule has 3 atom stereocenters. The van der Waals surface area contributed by atoms with Crippen molar-refractivity contribution in [1.29, 1.82) is 0 Å². The predicted molar refractivity (Wildman–Crippen MR) is 131 cm³/mol. The van der Waals surface area contributed by atoms with Gasteiger partial charge < -0.3 is 15.3 Å². The van der Waals surface area contributed by atoms with Gasteiger partial charge in [-0.15, -0.1) is 0 Å². The zero-order chi connectivity index (χ0) is 22.3. The van der Waals surface area contributed by atoms with E-state index in [2.05, 4.69) is 13.8 Å². The van der Waals surface area contributed by atoms with Gasteiger partial charge in [0, 0.05) is 6.61 Å². The van der Waals surface area contributed by atoms with Crippen molar-refractivity contribution in [2.75, 3.05) is 13.2 Å². The molecule has 0 aliphatic heterocycles. The lowest BCUT2D eigenvalue weighted by atomic mass is 9.79. The maximum Gasteiger partial charge on any atom is 0.0773 e. The molecule has 0 amide bonds. The van der Waals surface area contributed by atoms with E-state index in [1.165, 1.54) is 103 Å². The van der Waals surface area contributed by atoms with Gasteiger partial charge in [-0.3, -0.25) is 0 Å². The van der Waals surface area contributed by atoms with Gasteiger partial charge in [0.05, 0.1) is 12.7 Å². The summed E-state index contributed by atoms with van der Waals surface area (Å²) in [4.78, 5) is 0. The molecule has 30 heavy (non-hydrogen) atoms.